The molecule has 206 valence electrons. The van der Waals surface area contributed by atoms with E-state index in [1.807, 2.05) is 6.92 Å². The second-order valence-corrected chi connectivity index (χ2v) is 10.3. The lowest BCUT2D eigenvalue weighted by Crippen LogP contribution is -2.26. The highest BCUT2D eigenvalue weighted by molar-refractivity contribution is 5.76. The monoisotopic (exact) mass is 542 g/mol. The van der Waals surface area contributed by atoms with E-state index in [9.17, 15) is 27.5 Å². The molecule has 2 atom stereocenters. The van der Waals surface area contributed by atoms with Gasteiger partial charge in [-0.3, -0.25) is 4.79 Å². The molecule has 1 aliphatic heterocycles. The summed E-state index contributed by atoms with van der Waals surface area (Å²) in [6.45, 7) is 2.34. The van der Waals surface area contributed by atoms with Crippen LogP contribution in [-0.4, -0.2) is 17.7 Å². The fraction of sp³-hybridized carbons (Fsp3) is 0.387. The summed E-state index contributed by atoms with van der Waals surface area (Å²) in [5.41, 5.74) is 1.63. The summed E-state index contributed by atoms with van der Waals surface area (Å²) in [7, 11) is 0. The lowest BCUT2D eigenvalue weighted by Gasteiger charge is -2.28. The van der Waals surface area contributed by atoms with E-state index >= 15 is 0 Å². The van der Waals surface area contributed by atoms with Crippen molar-refractivity contribution >= 4 is 5.97 Å². The smallest absolute Gasteiger partial charge is 0.314 e. The van der Waals surface area contributed by atoms with Crippen molar-refractivity contribution in [2.45, 2.75) is 63.6 Å². The third-order valence-corrected chi connectivity index (χ3v) is 7.75. The number of esters is 1. The van der Waals surface area contributed by atoms with Crippen LogP contribution in [0, 0.1) is 29.2 Å². The Kier molecular flexibility index (Phi) is 8.05. The zero-order chi connectivity index (χ0) is 27.7. The predicted molar refractivity (Wildman–Crippen MR) is 137 cm³/mol. The van der Waals surface area contributed by atoms with Crippen molar-refractivity contribution in [1.29, 1.82) is 0 Å². The molecule has 1 heterocycles. The zero-order valence-electron chi connectivity index (χ0n) is 21.6. The average molecular weight is 543 g/mol. The van der Waals surface area contributed by atoms with Crippen LogP contribution in [0.1, 0.15) is 80.3 Å². The number of hydrogen-bond donors (Lipinski definition) is 1. The Morgan fingerprint density at radius 2 is 1.54 bits per heavy atom. The maximum absolute atomic E-state index is 14.9. The first-order chi connectivity index (χ1) is 18.8. The van der Waals surface area contributed by atoms with Crippen LogP contribution < -0.4 is 4.74 Å². The Morgan fingerprint density at radius 3 is 2.18 bits per heavy atom. The molecule has 3 aromatic carbocycles. The van der Waals surface area contributed by atoms with Crippen molar-refractivity contribution in [3.8, 4) is 16.9 Å². The number of benzene rings is 3. The molecule has 0 aromatic heterocycles. The molecule has 3 aromatic rings. The van der Waals surface area contributed by atoms with Crippen LogP contribution >= 0.6 is 0 Å². The Balaban J connectivity index is 1.22. The molecule has 2 aliphatic rings. The first-order valence-electron chi connectivity index (χ1n) is 13.4. The third-order valence-electron chi connectivity index (χ3n) is 7.75. The molecule has 0 amide bonds. The van der Waals surface area contributed by atoms with Gasteiger partial charge >= 0.3 is 5.97 Å². The number of hydrogen-bond acceptors (Lipinski definition) is 4. The molecule has 0 spiro atoms. The van der Waals surface area contributed by atoms with Gasteiger partial charge in [-0.25, -0.2) is 13.2 Å². The summed E-state index contributed by atoms with van der Waals surface area (Å²) in [6.07, 6.45) is 2.00. The molecule has 2 fully saturated rings. The topological polar surface area (TPSA) is 59.1 Å². The molecule has 0 radical (unpaired) electrons. The summed E-state index contributed by atoms with van der Waals surface area (Å²) >= 11 is 0. The quantitative estimate of drug-likeness (QED) is 0.137. The highest BCUT2D eigenvalue weighted by Gasteiger charge is 2.34. The highest BCUT2D eigenvalue weighted by atomic mass is 19.2. The average Bonchev–Trinajstić information content (AvgIpc) is 3.79. The van der Waals surface area contributed by atoms with Gasteiger partial charge in [0, 0.05) is 11.1 Å². The minimum Gasteiger partial charge on any atom is -0.423 e. The zero-order valence-corrected chi connectivity index (χ0v) is 21.6. The van der Waals surface area contributed by atoms with Crippen LogP contribution in [0.2, 0.25) is 0 Å². The van der Waals surface area contributed by atoms with Crippen molar-refractivity contribution in [2.24, 2.45) is 5.92 Å². The number of aliphatic hydroxyl groups excluding tert-OH is 1. The first kappa shape index (κ1) is 27.3. The molecular weight excluding hydrogens is 512 g/mol. The van der Waals surface area contributed by atoms with Crippen molar-refractivity contribution in [2.75, 3.05) is 6.61 Å². The van der Waals surface area contributed by atoms with Crippen molar-refractivity contribution in [1.82, 2.24) is 0 Å². The van der Waals surface area contributed by atoms with Gasteiger partial charge in [-0.2, -0.15) is 4.39 Å². The van der Waals surface area contributed by atoms with E-state index in [1.165, 1.54) is 12.1 Å². The first-order valence-corrected chi connectivity index (χ1v) is 13.4. The van der Waals surface area contributed by atoms with Crippen LogP contribution in [0.3, 0.4) is 0 Å². The lowest BCUT2D eigenvalue weighted by molar-refractivity contribution is -0.140. The van der Waals surface area contributed by atoms with E-state index in [-0.39, 0.29) is 28.7 Å². The molecule has 8 heteroatoms. The summed E-state index contributed by atoms with van der Waals surface area (Å²) in [6, 6.07) is 12.3. The summed E-state index contributed by atoms with van der Waals surface area (Å²) in [5, 5.41) is 10.1. The van der Waals surface area contributed by atoms with Gasteiger partial charge in [0.1, 0.15) is 6.10 Å². The molecule has 1 N–H and O–H groups in total. The summed E-state index contributed by atoms with van der Waals surface area (Å²) in [4.78, 5) is 12.7. The molecule has 1 aliphatic carbocycles. The van der Waals surface area contributed by atoms with Gasteiger partial charge in [-0.05, 0) is 66.8 Å². The molecule has 1 saturated heterocycles. The van der Waals surface area contributed by atoms with Crippen LogP contribution in [-0.2, 0) is 9.53 Å². The number of rotatable bonds is 8. The Bertz CT molecular complexity index is 1350. The molecule has 39 heavy (non-hydrogen) atoms. The summed E-state index contributed by atoms with van der Waals surface area (Å²) in [5.74, 6) is -6.14. The van der Waals surface area contributed by atoms with Gasteiger partial charge in [-0.15, -0.1) is 0 Å². The molecule has 4 nitrogen and oxygen atoms in total. The minimum atomic E-state index is -1.26. The van der Waals surface area contributed by atoms with E-state index in [0.717, 1.165) is 6.42 Å². The van der Waals surface area contributed by atoms with Gasteiger partial charge in [-0.1, -0.05) is 49.7 Å². The van der Waals surface area contributed by atoms with Gasteiger partial charge in [0.25, 0.3) is 0 Å². The number of ether oxygens (including phenoxy) is 2. The fourth-order valence-corrected chi connectivity index (χ4v) is 5.36. The van der Waals surface area contributed by atoms with Gasteiger partial charge in [0.05, 0.1) is 18.6 Å². The normalized spacial score (nSPS) is 21.4. The minimum absolute atomic E-state index is 0.0119. The lowest BCUT2D eigenvalue weighted by atomic mass is 9.78. The van der Waals surface area contributed by atoms with Crippen LogP contribution in [0.4, 0.5) is 17.6 Å². The maximum Gasteiger partial charge on any atom is 0.314 e. The van der Waals surface area contributed by atoms with E-state index < -0.39 is 47.0 Å². The fourth-order valence-electron chi connectivity index (χ4n) is 5.36. The highest BCUT2D eigenvalue weighted by Crippen LogP contribution is 2.41. The molecule has 5 rings (SSSR count). The molecule has 2 unspecified atom stereocenters. The van der Waals surface area contributed by atoms with E-state index in [4.69, 9.17) is 9.47 Å². The third kappa shape index (κ3) is 5.72. The van der Waals surface area contributed by atoms with Gasteiger partial charge in [0.2, 0.25) is 5.82 Å². The number of epoxide rings is 1. The Morgan fingerprint density at radius 1 is 0.897 bits per heavy atom. The Hall–Kier alpha value is -3.23. The summed E-state index contributed by atoms with van der Waals surface area (Å²) < 4.78 is 69.2. The number of carbonyl (C=O) groups excluding carboxylic acids is 1. The van der Waals surface area contributed by atoms with Gasteiger partial charge in [0.15, 0.2) is 23.2 Å². The maximum atomic E-state index is 14.9. The second-order valence-electron chi connectivity index (χ2n) is 10.3. The van der Waals surface area contributed by atoms with Crippen LogP contribution in [0.25, 0.3) is 11.1 Å². The molecule has 1 saturated carbocycles. The largest absolute Gasteiger partial charge is 0.423 e. The Labute approximate surface area is 224 Å². The van der Waals surface area contributed by atoms with Crippen LogP contribution in [0.15, 0.2) is 48.5 Å². The molecular formula is C31H30F4O4. The van der Waals surface area contributed by atoms with Crippen LogP contribution in [0.5, 0.6) is 5.75 Å². The number of aliphatic hydroxyl groups is 1. The van der Waals surface area contributed by atoms with Crippen molar-refractivity contribution in [3.63, 3.8) is 0 Å². The van der Waals surface area contributed by atoms with Gasteiger partial charge < -0.3 is 14.6 Å². The second kappa shape index (κ2) is 11.5. The predicted octanol–water partition coefficient (Wildman–Crippen LogP) is 7.69. The van der Waals surface area contributed by atoms with E-state index in [2.05, 4.69) is 0 Å². The SMILES string of the molecule is CCCC(O)c1ccc(-c2ccc(OC(=O)C3CCC(c4ccc(C5CO5)c(F)c4F)CC3)c(F)c2F)cc1. The van der Waals surface area contributed by atoms with E-state index in [0.29, 0.717) is 49.8 Å². The standard InChI is InChI=1S/C31H30F4O4/c1-2-3-24(36)19-8-4-17(5-9-19)22-14-15-25(30(35)28(22)33)39-31(37)20-10-6-18(7-11-20)21-12-13-23(26-16-38-26)29(34)27(21)32/h4-5,8-9,12-15,18,20,24,26,36H,2-3,6-7,10-11,16H2,1H3. The molecule has 0 bridgehead atoms. The van der Waals surface area contributed by atoms with Crippen molar-refractivity contribution in [3.05, 3.63) is 88.5 Å². The number of carbonyl (C=O) groups is 1. The van der Waals surface area contributed by atoms with E-state index in [1.54, 1.807) is 36.4 Å². The van der Waals surface area contributed by atoms with Crippen molar-refractivity contribution < 1.29 is 36.9 Å². The number of halogens is 4.